The van der Waals surface area contributed by atoms with Gasteiger partial charge in [0.05, 0.1) is 6.54 Å². The molecule has 1 spiro atoms. The first-order valence-electron chi connectivity index (χ1n) is 7.85. The van der Waals surface area contributed by atoms with Crippen LogP contribution in [0.15, 0.2) is 0 Å². The van der Waals surface area contributed by atoms with E-state index in [-0.39, 0.29) is 11.7 Å². The van der Waals surface area contributed by atoms with Gasteiger partial charge in [-0.2, -0.15) is 0 Å². The molecule has 0 aromatic rings. The van der Waals surface area contributed by atoms with Crippen molar-refractivity contribution in [1.29, 1.82) is 0 Å². The highest BCUT2D eigenvalue weighted by Gasteiger charge is 2.46. The highest BCUT2D eigenvalue weighted by molar-refractivity contribution is 5.70. The fourth-order valence-electron chi connectivity index (χ4n) is 3.80. The van der Waals surface area contributed by atoms with Gasteiger partial charge in [0, 0.05) is 19.4 Å². The molecular weight excluding hydrogens is 240 g/mol. The Bertz CT molecular complexity index is 331. The summed E-state index contributed by atoms with van der Waals surface area (Å²) in [5, 5.41) is 3.34. The summed E-state index contributed by atoms with van der Waals surface area (Å²) in [4.78, 5) is 14.0. The molecule has 1 aliphatic carbocycles. The Hall–Kier alpha value is -0.770. The van der Waals surface area contributed by atoms with Gasteiger partial charge in [-0.15, -0.1) is 0 Å². The summed E-state index contributed by atoms with van der Waals surface area (Å²) in [5.74, 6) is 1.57. The SMILES string of the molecule is CC1CCC(CN2CC3(CCNCC3)OC2=O)CC1. The standard InChI is InChI=1S/C15H26N2O2/c1-12-2-4-13(5-3-12)10-17-11-15(19-14(17)18)6-8-16-9-7-15/h12-13,16H,2-11H2,1H3. The van der Waals surface area contributed by atoms with Gasteiger partial charge in [0.2, 0.25) is 0 Å². The molecule has 0 aromatic carbocycles. The number of carbonyl (C=O) groups excluding carboxylic acids is 1. The summed E-state index contributed by atoms with van der Waals surface area (Å²) < 4.78 is 5.71. The molecule has 3 fully saturated rings. The van der Waals surface area contributed by atoms with Gasteiger partial charge < -0.3 is 15.0 Å². The first-order chi connectivity index (χ1) is 9.17. The van der Waals surface area contributed by atoms with Crippen molar-refractivity contribution >= 4 is 6.09 Å². The van der Waals surface area contributed by atoms with E-state index >= 15 is 0 Å². The molecule has 108 valence electrons. The Morgan fingerprint density at radius 3 is 2.63 bits per heavy atom. The van der Waals surface area contributed by atoms with Gasteiger partial charge in [-0.3, -0.25) is 0 Å². The molecular formula is C15H26N2O2. The zero-order chi connectivity index (χ0) is 13.3. The second-order valence-electron chi connectivity index (χ2n) is 6.81. The lowest BCUT2D eigenvalue weighted by molar-refractivity contribution is 0.0316. The van der Waals surface area contributed by atoms with E-state index in [9.17, 15) is 4.79 Å². The topological polar surface area (TPSA) is 41.6 Å². The van der Waals surface area contributed by atoms with E-state index in [2.05, 4.69) is 12.2 Å². The lowest BCUT2D eigenvalue weighted by Gasteiger charge is -2.32. The van der Waals surface area contributed by atoms with E-state index in [0.717, 1.165) is 44.9 Å². The van der Waals surface area contributed by atoms with Crippen LogP contribution in [0.3, 0.4) is 0 Å². The number of carbonyl (C=O) groups is 1. The van der Waals surface area contributed by atoms with Gasteiger partial charge in [-0.05, 0) is 37.8 Å². The third kappa shape index (κ3) is 2.88. The minimum atomic E-state index is -0.176. The van der Waals surface area contributed by atoms with Gasteiger partial charge in [0.1, 0.15) is 5.60 Å². The first-order valence-corrected chi connectivity index (χ1v) is 7.85. The molecule has 3 aliphatic rings. The average molecular weight is 266 g/mol. The van der Waals surface area contributed by atoms with Crippen LogP contribution < -0.4 is 5.32 Å². The van der Waals surface area contributed by atoms with Crippen molar-refractivity contribution in [3.05, 3.63) is 0 Å². The van der Waals surface area contributed by atoms with E-state index in [1.54, 1.807) is 0 Å². The summed E-state index contributed by atoms with van der Waals surface area (Å²) in [6, 6.07) is 0. The van der Waals surface area contributed by atoms with Crippen LogP contribution in [-0.4, -0.2) is 42.8 Å². The number of ether oxygens (including phenoxy) is 1. The molecule has 4 nitrogen and oxygen atoms in total. The Kier molecular flexibility index (Phi) is 3.70. The number of nitrogens with zero attached hydrogens (tertiary/aromatic N) is 1. The minimum absolute atomic E-state index is 0.0690. The van der Waals surface area contributed by atoms with Crippen molar-refractivity contribution in [2.24, 2.45) is 11.8 Å². The molecule has 1 amide bonds. The van der Waals surface area contributed by atoms with Crippen molar-refractivity contribution in [2.45, 2.75) is 51.0 Å². The van der Waals surface area contributed by atoms with Crippen LogP contribution in [0.25, 0.3) is 0 Å². The molecule has 1 saturated carbocycles. The molecule has 19 heavy (non-hydrogen) atoms. The van der Waals surface area contributed by atoms with Crippen LogP contribution in [0.4, 0.5) is 4.79 Å². The van der Waals surface area contributed by atoms with E-state index < -0.39 is 0 Å². The predicted molar refractivity (Wildman–Crippen MR) is 74.0 cm³/mol. The normalized spacial score (nSPS) is 34.6. The van der Waals surface area contributed by atoms with E-state index in [4.69, 9.17) is 4.74 Å². The van der Waals surface area contributed by atoms with Crippen LogP contribution in [-0.2, 0) is 4.74 Å². The summed E-state index contributed by atoms with van der Waals surface area (Å²) >= 11 is 0. The van der Waals surface area contributed by atoms with Gasteiger partial charge in [-0.1, -0.05) is 19.8 Å². The fourth-order valence-corrected chi connectivity index (χ4v) is 3.80. The zero-order valence-corrected chi connectivity index (χ0v) is 12.0. The highest BCUT2D eigenvalue weighted by atomic mass is 16.6. The van der Waals surface area contributed by atoms with Crippen LogP contribution in [0, 0.1) is 11.8 Å². The number of rotatable bonds is 2. The number of amides is 1. The Morgan fingerprint density at radius 2 is 1.95 bits per heavy atom. The molecule has 2 saturated heterocycles. The van der Waals surface area contributed by atoms with Crippen LogP contribution in [0.1, 0.15) is 45.4 Å². The molecule has 0 radical (unpaired) electrons. The Balaban J connectivity index is 1.55. The predicted octanol–water partition coefficient (Wildman–Crippen LogP) is 2.39. The second-order valence-corrected chi connectivity index (χ2v) is 6.81. The zero-order valence-electron chi connectivity index (χ0n) is 12.0. The van der Waals surface area contributed by atoms with Crippen molar-refractivity contribution < 1.29 is 9.53 Å². The second kappa shape index (κ2) is 5.31. The van der Waals surface area contributed by atoms with Gasteiger partial charge in [-0.25, -0.2) is 4.79 Å². The third-order valence-corrected chi connectivity index (χ3v) is 5.17. The lowest BCUT2D eigenvalue weighted by Crippen LogP contribution is -2.45. The fraction of sp³-hybridized carbons (Fsp3) is 0.933. The highest BCUT2D eigenvalue weighted by Crippen LogP contribution is 2.34. The van der Waals surface area contributed by atoms with E-state index in [1.807, 2.05) is 4.90 Å². The summed E-state index contributed by atoms with van der Waals surface area (Å²) in [5.41, 5.74) is -0.176. The maximum absolute atomic E-state index is 12.1. The molecule has 2 aliphatic heterocycles. The molecule has 0 bridgehead atoms. The van der Waals surface area contributed by atoms with Crippen molar-refractivity contribution in [3.63, 3.8) is 0 Å². The van der Waals surface area contributed by atoms with Crippen LogP contribution in [0.2, 0.25) is 0 Å². The van der Waals surface area contributed by atoms with Crippen molar-refractivity contribution in [1.82, 2.24) is 10.2 Å². The Morgan fingerprint density at radius 1 is 1.26 bits per heavy atom. The molecule has 0 unspecified atom stereocenters. The molecule has 0 aromatic heterocycles. The van der Waals surface area contributed by atoms with E-state index in [1.165, 1.54) is 25.7 Å². The smallest absolute Gasteiger partial charge is 0.410 e. The summed E-state index contributed by atoms with van der Waals surface area (Å²) in [7, 11) is 0. The number of hydrogen-bond donors (Lipinski definition) is 1. The van der Waals surface area contributed by atoms with Gasteiger partial charge in [0.25, 0.3) is 0 Å². The third-order valence-electron chi connectivity index (χ3n) is 5.17. The van der Waals surface area contributed by atoms with Gasteiger partial charge in [0.15, 0.2) is 0 Å². The minimum Gasteiger partial charge on any atom is -0.441 e. The first kappa shape index (κ1) is 13.2. The van der Waals surface area contributed by atoms with E-state index in [0.29, 0.717) is 5.92 Å². The van der Waals surface area contributed by atoms with Crippen molar-refractivity contribution in [2.75, 3.05) is 26.2 Å². The van der Waals surface area contributed by atoms with Crippen LogP contribution in [0.5, 0.6) is 0 Å². The summed E-state index contributed by atoms with van der Waals surface area (Å²) in [6.07, 6.45) is 7.07. The largest absolute Gasteiger partial charge is 0.441 e. The number of nitrogens with one attached hydrogen (secondary N) is 1. The molecule has 4 heteroatoms. The number of piperidine rings is 1. The lowest BCUT2D eigenvalue weighted by atomic mass is 9.82. The molecule has 0 atom stereocenters. The van der Waals surface area contributed by atoms with Crippen molar-refractivity contribution in [3.8, 4) is 0 Å². The van der Waals surface area contributed by atoms with Gasteiger partial charge >= 0.3 is 6.09 Å². The Labute approximate surface area is 115 Å². The van der Waals surface area contributed by atoms with Crippen LogP contribution >= 0.6 is 0 Å². The maximum atomic E-state index is 12.1. The molecule has 2 heterocycles. The molecule has 1 N–H and O–H groups in total. The molecule has 3 rings (SSSR count). The number of hydrogen-bond acceptors (Lipinski definition) is 3. The maximum Gasteiger partial charge on any atom is 0.410 e. The summed E-state index contributed by atoms with van der Waals surface area (Å²) in [6.45, 7) is 6.02. The quantitative estimate of drug-likeness (QED) is 0.834. The monoisotopic (exact) mass is 266 g/mol. The average Bonchev–Trinajstić information content (AvgIpc) is 2.69.